The number of hydrogen-bond donors (Lipinski definition) is 1. The molecule has 3 heteroatoms. The Bertz CT molecular complexity index is 259. The summed E-state index contributed by atoms with van der Waals surface area (Å²) in [5.74, 6) is 0. The van der Waals surface area contributed by atoms with Crippen LogP contribution in [0.25, 0.3) is 0 Å². The van der Waals surface area contributed by atoms with E-state index in [1.165, 1.54) is 18.4 Å². The standard InChI is InChI=1S/C7H7Cl.C6H13NO/c1-6-2-4-7(8)5-3-6;1-8-6-2-4-7-5-3-6/h2-5H,1H3;6-7H,2-5H2,1H3. The molecule has 1 aliphatic heterocycles. The van der Waals surface area contributed by atoms with Crippen LogP contribution in [0.15, 0.2) is 24.3 Å². The molecule has 1 heterocycles. The van der Waals surface area contributed by atoms with Crippen molar-refractivity contribution in [2.45, 2.75) is 25.9 Å². The van der Waals surface area contributed by atoms with Crippen molar-refractivity contribution in [2.24, 2.45) is 0 Å². The van der Waals surface area contributed by atoms with Crippen LogP contribution in [0.4, 0.5) is 0 Å². The Hall–Kier alpha value is -0.570. The molecule has 1 aromatic rings. The molecule has 2 rings (SSSR count). The monoisotopic (exact) mass is 241 g/mol. The van der Waals surface area contributed by atoms with E-state index in [4.69, 9.17) is 16.3 Å². The van der Waals surface area contributed by atoms with Crippen molar-refractivity contribution in [1.82, 2.24) is 5.32 Å². The number of nitrogens with one attached hydrogen (secondary N) is 1. The lowest BCUT2D eigenvalue weighted by Crippen LogP contribution is -2.31. The fraction of sp³-hybridized carbons (Fsp3) is 0.538. The number of halogens is 1. The highest BCUT2D eigenvalue weighted by Gasteiger charge is 2.09. The van der Waals surface area contributed by atoms with Gasteiger partial charge in [0.15, 0.2) is 0 Å². The van der Waals surface area contributed by atoms with Crippen LogP contribution in [0.5, 0.6) is 0 Å². The zero-order valence-corrected chi connectivity index (χ0v) is 10.8. The predicted molar refractivity (Wildman–Crippen MR) is 69.1 cm³/mol. The third-order valence-corrected chi connectivity index (χ3v) is 2.88. The third kappa shape index (κ3) is 5.50. The zero-order chi connectivity index (χ0) is 11.8. The topological polar surface area (TPSA) is 21.3 Å². The maximum Gasteiger partial charge on any atom is 0.0595 e. The van der Waals surface area contributed by atoms with Crippen molar-refractivity contribution < 1.29 is 4.74 Å². The molecule has 0 radical (unpaired) electrons. The van der Waals surface area contributed by atoms with Crippen LogP contribution in [0, 0.1) is 6.92 Å². The predicted octanol–water partition coefficient (Wildman–Crippen LogP) is 3.03. The van der Waals surface area contributed by atoms with Gasteiger partial charge in [-0.15, -0.1) is 0 Å². The second-order valence-corrected chi connectivity index (χ2v) is 4.42. The van der Waals surface area contributed by atoms with Crippen LogP contribution >= 0.6 is 11.6 Å². The molecule has 0 bridgehead atoms. The number of hydrogen-bond acceptors (Lipinski definition) is 2. The van der Waals surface area contributed by atoms with E-state index in [1.54, 1.807) is 7.11 Å². The van der Waals surface area contributed by atoms with Gasteiger partial charge in [0.1, 0.15) is 0 Å². The molecule has 1 aromatic carbocycles. The lowest BCUT2D eigenvalue weighted by Gasteiger charge is -2.20. The molecule has 0 saturated carbocycles. The van der Waals surface area contributed by atoms with Gasteiger partial charge in [0.25, 0.3) is 0 Å². The number of methoxy groups -OCH3 is 1. The van der Waals surface area contributed by atoms with Gasteiger partial charge in [-0.05, 0) is 45.0 Å². The first kappa shape index (κ1) is 13.5. The van der Waals surface area contributed by atoms with E-state index in [9.17, 15) is 0 Å². The fourth-order valence-electron chi connectivity index (χ4n) is 1.56. The van der Waals surface area contributed by atoms with E-state index in [1.807, 2.05) is 31.2 Å². The Morgan fingerprint density at radius 3 is 2.12 bits per heavy atom. The first-order chi connectivity index (χ1) is 7.72. The van der Waals surface area contributed by atoms with Crippen molar-refractivity contribution in [1.29, 1.82) is 0 Å². The average molecular weight is 242 g/mol. The smallest absolute Gasteiger partial charge is 0.0595 e. The minimum Gasteiger partial charge on any atom is -0.381 e. The molecule has 0 atom stereocenters. The molecule has 1 aliphatic rings. The number of rotatable bonds is 1. The summed E-state index contributed by atoms with van der Waals surface area (Å²) >= 11 is 5.61. The Morgan fingerprint density at radius 1 is 1.19 bits per heavy atom. The van der Waals surface area contributed by atoms with Gasteiger partial charge in [0.05, 0.1) is 6.10 Å². The molecule has 0 aromatic heterocycles. The van der Waals surface area contributed by atoms with Crippen molar-refractivity contribution >= 4 is 11.6 Å². The highest BCUT2D eigenvalue weighted by atomic mass is 35.5. The van der Waals surface area contributed by atoms with Crippen LogP contribution in [-0.2, 0) is 4.74 Å². The van der Waals surface area contributed by atoms with Crippen LogP contribution in [0.2, 0.25) is 5.02 Å². The fourth-order valence-corrected chi connectivity index (χ4v) is 1.69. The summed E-state index contributed by atoms with van der Waals surface area (Å²) in [6.45, 7) is 4.29. The van der Waals surface area contributed by atoms with Crippen LogP contribution < -0.4 is 5.32 Å². The molecule has 0 amide bonds. The molecule has 0 spiro atoms. The Kier molecular flexibility index (Phi) is 6.46. The van der Waals surface area contributed by atoms with E-state index < -0.39 is 0 Å². The zero-order valence-electron chi connectivity index (χ0n) is 10.0. The summed E-state index contributed by atoms with van der Waals surface area (Å²) in [6, 6.07) is 7.75. The largest absolute Gasteiger partial charge is 0.381 e. The second-order valence-electron chi connectivity index (χ2n) is 3.98. The third-order valence-electron chi connectivity index (χ3n) is 2.63. The first-order valence-electron chi connectivity index (χ1n) is 5.68. The number of piperidine rings is 1. The van der Waals surface area contributed by atoms with Gasteiger partial charge in [-0.1, -0.05) is 29.3 Å². The SMILES string of the molecule is COC1CCNCC1.Cc1ccc(Cl)cc1. The molecule has 1 fully saturated rings. The molecule has 0 unspecified atom stereocenters. The van der Waals surface area contributed by atoms with Crippen LogP contribution in [0.3, 0.4) is 0 Å². The molecule has 2 nitrogen and oxygen atoms in total. The van der Waals surface area contributed by atoms with E-state index in [-0.39, 0.29) is 0 Å². The highest BCUT2D eigenvalue weighted by Crippen LogP contribution is 2.07. The summed E-state index contributed by atoms with van der Waals surface area (Å²) in [5, 5.41) is 4.07. The molecular weight excluding hydrogens is 222 g/mol. The van der Waals surface area contributed by atoms with Crippen molar-refractivity contribution in [2.75, 3.05) is 20.2 Å². The first-order valence-corrected chi connectivity index (χ1v) is 6.06. The summed E-state index contributed by atoms with van der Waals surface area (Å²) in [4.78, 5) is 0. The van der Waals surface area contributed by atoms with Crippen LogP contribution in [-0.4, -0.2) is 26.3 Å². The maximum absolute atomic E-state index is 5.61. The number of aryl methyl sites for hydroxylation is 1. The quantitative estimate of drug-likeness (QED) is 0.816. The molecular formula is C13H20ClNO. The normalized spacial score (nSPS) is 16.4. The Balaban J connectivity index is 0.000000160. The number of benzene rings is 1. The van der Waals surface area contributed by atoms with Crippen molar-refractivity contribution in [3.8, 4) is 0 Å². The second kappa shape index (κ2) is 7.66. The van der Waals surface area contributed by atoms with Crippen LogP contribution in [0.1, 0.15) is 18.4 Å². The minimum atomic E-state index is 0.524. The molecule has 90 valence electrons. The Labute approximate surface area is 103 Å². The summed E-state index contributed by atoms with van der Waals surface area (Å²) in [5.41, 5.74) is 1.24. The summed E-state index contributed by atoms with van der Waals surface area (Å²) in [7, 11) is 1.79. The van der Waals surface area contributed by atoms with E-state index >= 15 is 0 Å². The lowest BCUT2D eigenvalue weighted by molar-refractivity contribution is 0.0765. The van der Waals surface area contributed by atoms with Gasteiger partial charge in [0.2, 0.25) is 0 Å². The van der Waals surface area contributed by atoms with Gasteiger partial charge in [-0.3, -0.25) is 0 Å². The van der Waals surface area contributed by atoms with Gasteiger partial charge < -0.3 is 10.1 Å². The van der Waals surface area contributed by atoms with Gasteiger partial charge >= 0.3 is 0 Å². The van der Waals surface area contributed by atoms with E-state index in [0.29, 0.717) is 6.10 Å². The van der Waals surface area contributed by atoms with E-state index in [0.717, 1.165) is 18.1 Å². The minimum absolute atomic E-state index is 0.524. The lowest BCUT2D eigenvalue weighted by atomic mass is 10.1. The van der Waals surface area contributed by atoms with Gasteiger partial charge in [-0.2, -0.15) is 0 Å². The summed E-state index contributed by atoms with van der Waals surface area (Å²) < 4.78 is 5.15. The summed E-state index contributed by atoms with van der Waals surface area (Å²) in [6.07, 6.45) is 2.88. The van der Waals surface area contributed by atoms with Gasteiger partial charge in [0, 0.05) is 12.1 Å². The van der Waals surface area contributed by atoms with Crippen molar-refractivity contribution in [3.63, 3.8) is 0 Å². The molecule has 0 aliphatic carbocycles. The highest BCUT2D eigenvalue weighted by molar-refractivity contribution is 6.30. The molecule has 1 saturated heterocycles. The molecule has 1 N–H and O–H groups in total. The van der Waals surface area contributed by atoms with E-state index in [2.05, 4.69) is 5.32 Å². The number of ether oxygens (including phenoxy) is 1. The maximum atomic E-state index is 5.61. The van der Waals surface area contributed by atoms with Crippen molar-refractivity contribution in [3.05, 3.63) is 34.9 Å². The Morgan fingerprint density at radius 2 is 1.75 bits per heavy atom. The van der Waals surface area contributed by atoms with Gasteiger partial charge in [-0.25, -0.2) is 0 Å². The average Bonchev–Trinajstić information content (AvgIpc) is 2.35. The molecule has 16 heavy (non-hydrogen) atoms.